The Morgan fingerprint density at radius 3 is 2.80 bits per heavy atom. The average molecular weight is 347 g/mol. The number of carbonyl (C=O) groups excluding carboxylic acids is 1. The van der Waals surface area contributed by atoms with Crippen molar-refractivity contribution in [1.29, 1.82) is 0 Å². The summed E-state index contributed by atoms with van der Waals surface area (Å²) in [6, 6.07) is 0. The quantitative estimate of drug-likeness (QED) is 0.800. The average Bonchev–Trinajstić information content (AvgIpc) is 3.20. The SMILES string of the molecule is CN1CC(=O)N(c2cnn(C)c2)C[C@@]12CCN(CC1CCOCC1)C2. The maximum atomic E-state index is 12.6. The van der Waals surface area contributed by atoms with Crippen LogP contribution in [-0.2, 0) is 16.6 Å². The van der Waals surface area contributed by atoms with Crippen molar-refractivity contribution in [2.45, 2.75) is 24.8 Å². The molecule has 4 heterocycles. The van der Waals surface area contributed by atoms with Gasteiger partial charge in [0.15, 0.2) is 0 Å². The lowest BCUT2D eigenvalue weighted by Crippen LogP contribution is -2.64. The van der Waals surface area contributed by atoms with Gasteiger partial charge in [0, 0.05) is 52.6 Å². The molecule has 0 radical (unpaired) electrons. The molecule has 7 nitrogen and oxygen atoms in total. The second-order valence-corrected chi connectivity index (χ2v) is 7.97. The highest BCUT2D eigenvalue weighted by Gasteiger charge is 2.47. The maximum absolute atomic E-state index is 12.6. The Hall–Kier alpha value is -1.44. The number of likely N-dealkylation sites (tertiary alicyclic amines) is 1. The van der Waals surface area contributed by atoms with E-state index in [9.17, 15) is 4.79 Å². The molecular weight excluding hydrogens is 318 g/mol. The zero-order valence-electron chi connectivity index (χ0n) is 15.4. The van der Waals surface area contributed by atoms with Crippen molar-refractivity contribution in [3.8, 4) is 0 Å². The summed E-state index contributed by atoms with van der Waals surface area (Å²) in [4.78, 5) is 19.4. The van der Waals surface area contributed by atoms with Crippen molar-refractivity contribution < 1.29 is 9.53 Å². The fourth-order valence-electron chi connectivity index (χ4n) is 4.57. The van der Waals surface area contributed by atoms with E-state index >= 15 is 0 Å². The molecule has 1 aromatic rings. The zero-order chi connectivity index (χ0) is 17.4. The monoisotopic (exact) mass is 347 g/mol. The number of hydrogen-bond acceptors (Lipinski definition) is 5. The molecule has 0 aromatic carbocycles. The molecule has 138 valence electrons. The number of aromatic nitrogens is 2. The summed E-state index contributed by atoms with van der Waals surface area (Å²) in [6.45, 7) is 6.40. The lowest BCUT2D eigenvalue weighted by atomic mass is 9.92. The number of ether oxygens (including phenoxy) is 1. The van der Waals surface area contributed by atoms with E-state index in [0.717, 1.165) is 50.9 Å². The third-order valence-electron chi connectivity index (χ3n) is 6.21. The van der Waals surface area contributed by atoms with Crippen LogP contribution < -0.4 is 4.90 Å². The van der Waals surface area contributed by atoms with Gasteiger partial charge >= 0.3 is 0 Å². The van der Waals surface area contributed by atoms with Crippen LogP contribution in [0.2, 0.25) is 0 Å². The predicted molar refractivity (Wildman–Crippen MR) is 95.5 cm³/mol. The van der Waals surface area contributed by atoms with Crippen LogP contribution in [0.4, 0.5) is 5.69 Å². The highest BCUT2D eigenvalue weighted by Crippen LogP contribution is 2.34. The Balaban J connectivity index is 1.45. The first kappa shape index (κ1) is 17.0. The Bertz CT molecular complexity index is 627. The second-order valence-electron chi connectivity index (χ2n) is 7.97. The first-order valence-corrected chi connectivity index (χ1v) is 9.36. The molecule has 0 bridgehead atoms. The third-order valence-corrected chi connectivity index (χ3v) is 6.21. The highest BCUT2D eigenvalue weighted by atomic mass is 16.5. The number of anilines is 1. The lowest BCUT2D eigenvalue weighted by Gasteiger charge is -2.46. The minimum absolute atomic E-state index is 0.0644. The largest absolute Gasteiger partial charge is 0.381 e. The van der Waals surface area contributed by atoms with E-state index in [0.29, 0.717) is 6.54 Å². The third kappa shape index (κ3) is 3.32. The fraction of sp³-hybridized carbons (Fsp3) is 0.778. The van der Waals surface area contributed by atoms with Crippen LogP contribution in [0.3, 0.4) is 0 Å². The molecule has 3 saturated heterocycles. The van der Waals surface area contributed by atoms with Crippen molar-refractivity contribution in [3.63, 3.8) is 0 Å². The van der Waals surface area contributed by atoms with Gasteiger partial charge in [-0.3, -0.25) is 14.4 Å². The van der Waals surface area contributed by atoms with Gasteiger partial charge in [0.2, 0.25) is 5.91 Å². The number of rotatable bonds is 3. The van der Waals surface area contributed by atoms with Crippen molar-refractivity contribution in [1.82, 2.24) is 19.6 Å². The van der Waals surface area contributed by atoms with Crippen LogP contribution in [0.25, 0.3) is 0 Å². The number of piperazine rings is 1. The molecular formula is C18H29N5O2. The number of nitrogens with zero attached hydrogens (tertiary/aromatic N) is 5. The normalized spacial score (nSPS) is 29.8. The second kappa shape index (κ2) is 6.70. The summed E-state index contributed by atoms with van der Waals surface area (Å²) >= 11 is 0. The van der Waals surface area contributed by atoms with Crippen LogP contribution in [0.1, 0.15) is 19.3 Å². The van der Waals surface area contributed by atoms with Gasteiger partial charge in [0.05, 0.1) is 24.0 Å². The van der Waals surface area contributed by atoms with E-state index in [-0.39, 0.29) is 11.4 Å². The maximum Gasteiger partial charge on any atom is 0.241 e. The molecule has 1 amide bonds. The van der Waals surface area contributed by atoms with Gasteiger partial charge in [-0.1, -0.05) is 0 Å². The number of aryl methyl sites for hydroxylation is 1. The smallest absolute Gasteiger partial charge is 0.241 e. The first-order chi connectivity index (χ1) is 12.1. The van der Waals surface area contributed by atoms with E-state index in [2.05, 4.69) is 21.9 Å². The molecule has 1 atom stereocenters. The fourth-order valence-corrected chi connectivity index (χ4v) is 4.57. The first-order valence-electron chi connectivity index (χ1n) is 9.36. The molecule has 1 aromatic heterocycles. The van der Waals surface area contributed by atoms with E-state index in [1.165, 1.54) is 19.4 Å². The minimum atomic E-state index is 0.0644. The van der Waals surface area contributed by atoms with E-state index < -0.39 is 0 Å². The molecule has 3 fully saturated rings. The van der Waals surface area contributed by atoms with Crippen LogP contribution in [0, 0.1) is 5.92 Å². The van der Waals surface area contributed by atoms with Gasteiger partial charge in [-0.05, 0) is 32.2 Å². The molecule has 3 aliphatic rings. The summed E-state index contributed by atoms with van der Waals surface area (Å²) < 4.78 is 7.25. The summed E-state index contributed by atoms with van der Waals surface area (Å²) in [5.41, 5.74) is 0.984. The van der Waals surface area contributed by atoms with Gasteiger partial charge in [0.25, 0.3) is 0 Å². The Morgan fingerprint density at radius 1 is 1.28 bits per heavy atom. The molecule has 25 heavy (non-hydrogen) atoms. The summed E-state index contributed by atoms with van der Waals surface area (Å²) in [7, 11) is 4.00. The Kier molecular flexibility index (Phi) is 4.56. The topological polar surface area (TPSA) is 53.8 Å². The van der Waals surface area contributed by atoms with Gasteiger partial charge in [-0.15, -0.1) is 0 Å². The van der Waals surface area contributed by atoms with Gasteiger partial charge in [-0.2, -0.15) is 5.10 Å². The van der Waals surface area contributed by atoms with Gasteiger partial charge in [0.1, 0.15) is 0 Å². The van der Waals surface area contributed by atoms with E-state index in [1.54, 1.807) is 10.9 Å². The van der Waals surface area contributed by atoms with Crippen molar-refractivity contribution in [2.75, 3.05) is 57.9 Å². The standard InChI is InChI=1S/C18H29N5O2/c1-20-12-17(24)23(16-9-19-21(2)11-16)14-18(20)5-6-22(13-18)10-15-3-7-25-8-4-15/h9,11,15H,3-8,10,12-14H2,1-2H3/t18-/m0/s1. The van der Waals surface area contributed by atoms with Crippen LogP contribution in [0.15, 0.2) is 12.4 Å². The number of likely N-dealkylation sites (N-methyl/N-ethyl adjacent to an activating group) is 1. The highest BCUT2D eigenvalue weighted by molar-refractivity contribution is 5.95. The van der Waals surface area contributed by atoms with Crippen molar-refractivity contribution >= 4 is 11.6 Å². The Labute approximate surface area is 149 Å². The van der Waals surface area contributed by atoms with Crippen LogP contribution >= 0.6 is 0 Å². The van der Waals surface area contributed by atoms with E-state index in [4.69, 9.17) is 4.74 Å². The number of carbonyl (C=O) groups is 1. The molecule has 0 N–H and O–H groups in total. The molecule has 0 aliphatic carbocycles. The summed E-state index contributed by atoms with van der Waals surface area (Å²) in [5.74, 6) is 0.929. The zero-order valence-corrected chi connectivity index (χ0v) is 15.4. The van der Waals surface area contributed by atoms with Crippen molar-refractivity contribution in [3.05, 3.63) is 12.4 Å². The van der Waals surface area contributed by atoms with Crippen LogP contribution in [0.5, 0.6) is 0 Å². The predicted octanol–water partition coefficient (Wildman–Crippen LogP) is 0.570. The minimum Gasteiger partial charge on any atom is -0.381 e. The molecule has 4 rings (SSSR count). The van der Waals surface area contributed by atoms with Crippen LogP contribution in [-0.4, -0.2) is 84.0 Å². The summed E-state index contributed by atoms with van der Waals surface area (Å²) in [5, 5.41) is 4.24. The number of amides is 1. The molecule has 1 spiro atoms. The summed E-state index contributed by atoms with van der Waals surface area (Å²) in [6.07, 6.45) is 7.22. The molecule has 0 saturated carbocycles. The van der Waals surface area contributed by atoms with Gasteiger partial charge in [-0.25, -0.2) is 0 Å². The molecule has 3 aliphatic heterocycles. The van der Waals surface area contributed by atoms with Gasteiger partial charge < -0.3 is 14.5 Å². The lowest BCUT2D eigenvalue weighted by molar-refractivity contribution is -0.123. The molecule has 7 heteroatoms. The molecule has 0 unspecified atom stereocenters. The number of hydrogen-bond donors (Lipinski definition) is 0. The van der Waals surface area contributed by atoms with E-state index in [1.807, 2.05) is 18.1 Å². The van der Waals surface area contributed by atoms with Crippen molar-refractivity contribution in [2.24, 2.45) is 13.0 Å². The Morgan fingerprint density at radius 2 is 2.08 bits per heavy atom.